The minimum absolute atomic E-state index is 0.210. The smallest absolute Gasteiger partial charge is 0.247 e. The van der Waals surface area contributed by atoms with Crippen molar-refractivity contribution in [2.24, 2.45) is 0 Å². The predicted octanol–water partition coefficient (Wildman–Crippen LogP) is 3.75. The fourth-order valence-electron chi connectivity index (χ4n) is 5.72. The van der Waals surface area contributed by atoms with Gasteiger partial charge in [0.2, 0.25) is 5.91 Å². The summed E-state index contributed by atoms with van der Waals surface area (Å²) in [6.45, 7) is 2.63. The summed E-state index contributed by atoms with van der Waals surface area (Å²) in [6, 6.07) is 22.0. The maximum Gasteiger partial charge on any atom is 0.247 e. The van der Waals surface area contributed by atoms with E-state index < -0.39 is 0 Å². The molecule has 1 amide bonds. The van der Waals surface area contributed by atoms with Crippen LogP contribution in [0.5, 0.6) is 0 Å². The van der Waals surface area contributed by atoms with Crippen molar-refractivity contribution in [1.29, 1.82) is 0 Å². The molecule has 2 heterocycles. The summed E-state index contributed by atoms with van der Waals surface area (Å²) in [5.74, 6) is 0.847. The Morgan fingerprint density at radius 2 is 1.57 bits per heavy atom. The lowest BCUT2D eigenvalue weighted by molar-refractivity contribution is -0.125. The largest absolute Gasteiger partial charge is 0.339 e. The van der Waals surface area contributed by atoms with E-state index in [-0.39, 0.29) is 11.4 Å². The van der Waals surface area contributed by atoms with Crippen LogP contribution < -0.4 is 10.2 Å². The maximum absolute atomic E-state index is 12.9. The van der Waals surface area contributed by atoms with E-state index in [2.05, 4.69) is 69.7 Å². The van der Waals surface area contributed by atoms with Crippen molar-refractivity contribution in [1.82, 2.24) is 10.2 Å². The molecule has 4 heteroatoms. The summed E-state index contributed by atoms with van der Waals surface area (Å²) in [5, 5.41) is 3.12. The minimum atomic E-state index is -0.376. The first-order valence-corrected chi connectivity index (χ1v) is 10.7. The van der Waals surface area contributed by atoms with Crippen molar-refractivity contribution in [3.05, 3.63) is 66.2 Å². The molecule has 28 heavy (non-hydrogen) atoms. The number of piperidine rings is 1. The Hall–Kier alpha value is -2.33. The Balaban J connectivity index is 1.33. The highest BCUT2D eigenvalue weighted by Crippen LogP contribution is 2.42. The summed E-state index contributed by atoms with van der Waals surface area (Å²) in [6.07, 6.45) is 5.69. The Morgan fingerprint density at radius 1 is 0.893 bits per heavy atom. The molecule has 1 aliphatic carbocycles. The van der Waals surface area contributed by atoms with Crippen molar-refractivity contribution in [2.75, 3.05) is 24.7 Å². The monoisotopic (exact) mass is 375 g/mol. The normalized spacial score (nSPS) is 27.3. The van der Waals surface area contributed by atoms with Crippen LogP contribution in [-0.2, 0) is 4.79 Å². The van der Waals surface area contributed by atoms with Crippen LogP contribution in [0.1, 0.15) is 43.6 Å². The minimum Gasteiger partial charge on any atom is -0.339 e. The average Bonchev–Trinajstić information content (AvgIpc) is 3.36. The van der Waals surface area contributed by atoms with E-state index in [0.717, 1.165) is 31.6 Å². The first-order chi connectivity index (χ1) is 13.8. The second kappa shape index (κ2) is 7.25. The van der Waals surface area contributed by atoms with Crippen molar-refractivity contribution in [3.63, 3.8) is 0 Å². The van der Waals surface area contributed by atoms with Gasteiger partial charge in [-0.1, -0.05) is 55.0 Å². The molecule has 4 nitrogen and oxygen atoms in total. The number of anilines is 1. The molecular weight excluding hydrogens is 346 g/mol. The average molecular weight is 376 g/mol. The molecule has 1 spiro atoms. The van der Waals surface area contributed by atoms with Crippen molar-refractivity contribution < 1.29 is 4.79 Å². The quantitative estimate of drug-likeness (QED) is 0.887. The molecule has 3 aliphatic rings. The topological polar surface area (TPSA) is 35.6 Å². The van der Waals surface area contributed by atoms with E-state index in [1.165, 1.54) is 24.8 Å². The molecule has 0 unspecified atom stereocenters. The number of likely N-dealkylation sites (tertiary alicyclic amines) is 1. The Kier molecular flexibility index (Phi) is 4.59. The first-order valence-electron chi connectivity index (χ1n) is 10.7. The Labute approximate surface area is 167 Å². The number of nitrogens with one attached hydrogen (secondary N) is 1. The second-order valence-electron chi connectivity index (χ2n) is 8.51. The molecule has 5 rings (SSSR count). The number of amides is 1. The van der Waals surface area contributed by atoms with Gasteiger partial charge in [0.05, 0.1) is 6.67 Å². The fraction of sp³-hybridized carbons (Fsp3) is 0.458. The Morgan fingerprint density at radius 3 is 2.29 bits per heavy atom. The van der Waals surface area contributed by atoms with Gasteiger partial charge in [-0.3, -0.25) is 9.69 Å². The number of para-hydroxylation sites is 1. The van der Waals surface area contributed by atoms with Crippen LogP contribution in [0.25, 0.3) is 0 Å². The summed E-state index contributed by atoms with van der Waals surface area (Å²) >= 11 is 0. The highest BCUT2D eigenvalue weighted by Gasteiger charge is 2.51. The molecule has 0 bridgehead atoms. The third kappa shape index (κ3) is 2.91. The number of hydrogen-bond donors (Lipinski definition) is 1. The zero-order chi connectivity index (χ0) is 19.0. The lowest BCUT2D eigenvalue weighted by atomic mass is 9.83. The molecule has 146 valence electrons. The first kappa shape index (κ1) is 17.7. The van der Waals surface area contributed by atoms with Gasteiger partial charge in [0, 0.05) is 24.8 Å². The number of carbonyl (C=O) groups excluding carboxylic acids is 1. The lowest BCUT2D eigenvalue weighted by Gasteiger charge is -2.46. The van der Waals surface area contributed by atoms with Gasteiger partial charge in [-0.2, -0.15) is 0 Å². The Bertz CT molecular complexity index is 814. The number of nitrogens with zero attached hydrogens (tertiary/aromatic N) is 2. The van der Waals surface area contributed by atoms with E-state index in [1.54, 1.807) is 0 Å². The molecule has 2 aromatic rings. The molecule has 2 saturated heterocycles. The van der Waals surface area contributed by atoms with Gasteiger partial charge in [0.15, 0.2) is 0 Å². The fourth-order valence-corrected chi connectivity index (χ4v) is 5.72. The number of benzene rings is 2. The van der Waals surface area contributed by atoms with E-state index in [0.29, 0.717) is 18.6 Å². The van der Waals surface area contributed by atoms with Gasteiger partial charge in [-0.25, -0.2) is 0 Å². The number of carbonyl (C=O) groups is 1. The van der Waals surface area contributed by atoms with E-state index in [4.69, 9.17) is 0 Å². The predicted molar refractivity (Wildman–Crippen MR) is 112 cm³/mol. The van der Waals surface area contributed by atoms with Crippen LogP contribution in [0.4, 0.5) is 5.69 Å². The highest BCUT2D eigenvalue weighted by molar-refractivity contribution is 5.93. The number of rotatable bonds is 3. The SMILES string of the molecule is O=C1NCN(c2ccccc2)C12CCN([C@H]1CCC[C@H]1c1ccccc1)CC2. The molecule has 3 fully saturated rings. The number of hydrogen-bond acceptors (Lipinski definition) is 3. The third-order valence-corrected chi connectivity index (χ3v) is 7.21. The van der Waals surface area contributed by atoms with Crippen LogP contribution in [0.2, 0.25) is 0 Å². The molecule has 2 atom stereocenters. The molecule has 2 aliphatic heterocycles. The van der Waals surface area contributed by atoms with Crippen molar-refractivity contribution in [3.8, 4) is 0 Å². The molecule has 2 aromatic carbocycles. The van der Waals surface area contributed by atoms with Crippen molar-refractivity contribution in [2.45, 2.75) is 49.6 Å². The molecule has 0 aromatic heterocycles. The summed E-state index contributed by atoms with van der Waals surface area (Å²) in [5.41, 5.74) is 2.26. The van der Waals surface area contributed by atoms with Gasteiger partial charge in [-0.15, -0.1) is 0 Å². The summed E-state index contributed by atoms with van der Waals surface area (Å²) in [4.78, 5) is 17.9. The van der Waals surface area contributed by atoms with Crippen LogP contribution >= 0.6 is 0 Å². The summed E-state index contributed by atoms with van der Waals surface area (Å²) in [7, 11) is 0. The standard InChI is InChI=1S/C24H29N3O/c28-23-24(27(18-25-23)20-10-5-2-6-11-20)14-16-26(17-15-24)22-13-7-12-21(22)19-8-3-1-4-9-19/h1-6,8-11,21-22H,7,12-18H2,(H,25,28)/t21-,22-/m0/s1. The van der Waals surface area contributed by atoms with Crippen molar-refractivity contribution >= 4 is 11.6 Å². The highest BCUT2D eigenvalue weighted by atomic mass is 16.2. The van der Waals surface area contributed by atoms with Gasteiger partial charge >= 0.3 is 0 Å². The third-order valence-electron chi connectivity index (χ3n) is 7.21. The molecular formula is C24H29N3O. The van der Waals surface area contributed by atoms with E-state index in [1.807, 2.05) is 6.07 Å². The summed E-state index contributed by atoms with van der Waals surface area (Å²) < 4.78 is 0. The van der Waals surface area contributed by atoms with Gasteiger partial charge in [0.1, 0.15) is 5.54 Å². The lowest BCUT2D eigenvalue weighted by Crippen LogP contribution is -2.58. The van der Waals surface area contributed by atoms with Gasteiger partial charge in [0.25, 0.3) is 0 Å². The van der Waals surface area contributed by atoms with Crippen LogP contribution in [-0.4, -0.2) is 42.1 Å². The van der Waals surface area contributed by atoms with Crippen LogP contribution in [0.15, 0.2) is 60.7 Å². The van der Waals surface area contributed by atoms with Crippen LogP contribution in [0, 0.1) is 0 Å². The maximum atomic E-state index is 12.9. The zero-order valence-corrected chi connectivity index (χ0v) is 16.4. The zero-order valence-electron chi connectivity index (χ0n) is 16.4. The van der Waals surface area contributed by atoms with Gasteiger partial charge in [-0.05, 0) is 49.3 Å². The van der Waals surface area contributed by atoms with E-state index in [9.17, 15) is 4.79 Å². The van der Waals surface area contributed by atoms with E-state index >= 15 is 0 Å². The molecule has 0 radical (unpaired) electrons. The van der Waals surface area contributed by atoms with Crippen LogP contribution in [0.3, 0.4) is 0 Å². The second-order valence-corrected chi connectivity index (χ2v) is 8.51. The molecule has 1 saturated carbocycles. The van der Waals surface area contributed by atoms with Gasteiger partial charge < -0.3 is 10.2 Å². The molecule has 1 N–H and O–H groups in total.